The lowest BCUT2D eigenvalue weighted by Crippen LogP contribution is -1.99. The molecule has 0 aliphatic rings. The van der Waals surface area contributed by atoms with Gasteiger partial charge in [-0.2, -0.15) is 5.26 Å². The topological polar surface area (TPSA) is 33.0 Å². The van der Waals surface area contributed by atoms with E-state index >= 15 is 0 Å². The van der Waals surface area contributed by atoms with Crippen LogP contribution in [0, 0.1) is 11.3 Å². The van der Waals surface area contributed by atoms with Crippen LogP contribution in [0.15, 0.2) is 36.4 Å². The van der Waals surface area contributed by atoms with E-state index in [-0.39, 0.29) is 0 Å². The molecule has 0 aliphatic carbocycles. The zero-order chi connectivity index (χ0) is 12.8. The van der Waals surface area contributed by atoms with Crippen molar-refractivity contribution in [1.82, 2.24) is 0 Å². The summed E-state index contributed by atoms with van der Waals surface area (Å²) in [5.74, 6) is 0.906. The minimum Gasteiger partial charge on any atom is -0.493 e. The molecular formula is C15H14BrNO. The molecule has 0 aliphatic heterocycles. The first-order valence-electron chi connectivity index (χ1n) is 5.93. The van der Waals surface area contributed by atoms with Crippen LogP contribution in [-0.4, -0.2) is 6.61 Å². The molecule has 3 heteroatoms. The Morgan fingerprint density at radius 3 is 2.78 bits per heavy atom. The fraction of sp³-hybridized carbons (Fsp3) is 0.267. The predicted molar refractivity (Wildman–Crippen MR) is 76.9 cm³/mol. The second-order valence-corrected chi connectivity index (χ2v) is 4.57. The van der Waals surface area contributed by atoms with E-state index in [9.17, 15) is 0 Å². The molecule has 0 bridgehead atoms. The summed E-state index contributed by atoms with van der Waals surface area (Å²) in [6.07, 6.45) is 1.31. The minimum atomic E-state index is 0.539. The molecule has 0 amide bonds. The maximum Gasteiger partial charge on any atom is 0.123 e. The van der Waals surface area contributed by atoms with Crippen LogP contribution in [0.2, 0.25) is 0 Å². The van der Waals surface area contributed by atoms with Gasteiger partial charge >= 0.3 is 0 Å². The summed E-state index contributed by atoms with van der Waals surface area (Å²) < 4.78 is 5.76. The smallest absolute Gasteiger partial charge is 0.123 e. The highest BCUT2D eigenvalue weighted by atomic mass is 79.9. The highest BCUT2D eigenvalue weighted by molar-refractivity contribution is 9.08. The quantitative estimate of drug-likeness (QED) is 0.605. The Bertz CT molecular complexity index is 574. The highest BCUT2D eigenvalue weighted by Crippen LogP contribution is 2.30. The summed E-state index contributed by atoms with van der Waals surface area (Å²) >= 11 is 3.52. The fourth-order valence-corrected chi connectivity index (χ4v) is 2.50. The third-order valence-corrected chi connectivity index (χ3v) is 3.38. The number of nitrogens with zero attached hydrogens (tertiary/aromatic N) is 1. The second-order valence-electron chi connectivity index (χ2n) is 4.01. The van der Waals surface area contributed by atoms with Gasteiger partial charge in [0.05, 0.1) is 12.7 Å². The van der Waals surface area contributed by atoms with Gasteiger partial charge in [-0.25, -0.2) is 0 Å². The Balaban J connectivity index is 2.25. The van der Waals surface area contributed by atoms with E-state index in [0.717, 1.165) is 17.5 Å². The van der Waals surface area contributed by atoms with Crippen molar-refractivity contribution in [1.29, 1.82) is 5.26 Å². The number of nitriles is 1. The van der Waals surface area contributed by atoms with E-state index < -0.39 is 0 Å². The molecular weight excluding hydrogens is 290 g/mol. The van der Waals surface area contributed by atoms with Crippen molar-refractivity contribution in [3.05, 3.63) is 42.0 Å². The number of hydrogen-bond donors (Lipinski definition) is 0. The first-order valence-corrected chi connectivity index (χ1v) is 7.05. The second kappa shape index (κ2) is 6.42. The Hall–Kier alpha value is -1.53. The summed E-state index contributed by atoms with van der Waals surface area (Å²) in [5.41, 5.74) is 1.17. The van der Waals surface area contributed by atoms with E-state index in [1.54, 1.807) is 0 Å². The van der Waals surface area contributed by atoms with Gasteiger partial charge in [0.2, 0.25) is 0 Å². The lowest BCUT2D eigenvalue weighted by Gasteiger charge is -2.12. The van der Waals surface area contributed by atoms with E-state index in [1.165, 1.54) is 16.3 Å². The molecule has 0 spiro atoms. The normalized spacial score (nSPS) is 10.2. The van der Waals surface area contributed by atoms with Gasteiger partial charge in [0.15, 0.2) is 0 Å². The van der Waals surface area contributed by atoms with Gasteiger partial charge in [-0.15, -0.1) is 0 Å². The molecule has 0 atom stereocenters. The molecule has 0 N–H and O–H groups in total. The van der Waals surface area contributed by atoms with E-state index in [0.29, 0.717) is 13.0 Å². The first kappa shape index (κ1) is 12.9. The van der Waals surface area contributed by atoms with Crippen LogP contribution in [0.3, 0.4) is 0 Å². The Kier molecular flexibility index (Phi) is 4.60. The molecule has 92 valence electrons. The average molecular weight is 304 g/mol. The fourth-order valence-electron chi connectivity index (χ4n) is 1.92. The van der Waals surface area contributed by atoms with Gasteiger partial charge in [0, 0.05) is 17.3 Å². The van der Waals surface area contributed by atoms with Gasteiger partial charge in [-0.1, -0.05) is 46.3 Å². The number of hydrogen-bond acceptors (Lipinski definition) is 2. The third-order valence-electron chi connectivity index (χ3n) is 2.82. The van der Waals surface area contributed by atoms with Crippen LogP contribution in [0.5, 0.6) is 5.75 Å². The van der Waals surface area contributed by atoms with Gasteiger partial charge in [-0.3, -0.25) is 0 Å². The highest BCUT2D eigenvalue weighted by Gasteiger charge is 2.07. The minimum absolute atomic E-state index is 0.539. The van der Waals surface area contributed by atoms with Crippen molar-refractivity contribution in [2.75, 3.05) is 6.61 Å². The van der Waals surface area contributed by atoms with Gasteiger partial charge < -0.3 is 4.74 Å². The monoisotopic (exact) mass is 303 g/mol. The number of benzene rings is 2. The molecule has 0 aromatic heterocycles. The molecule has 2 nitrogen and oxygen atoms in total. The van der Waals surface area contributed by atoms with Gasteiger partial charge in [0.1, 0.15) is 5.75 Å². The van der Waals surface area contributed by atoms with Crippen LogP contribution >= 0.6 is 15.9 Å². The SMILES string of the molecule is N#CCCCOc1ccc2ccccc2c1CBr. The maximum absolute atomic E-state index is 8.49. The van der Waals surface area contributed by atoms with Crippen molar-refractivity contribution in [3.8, 4) is 11.8 Å². The molecule has 0 fully saturated rings. The summed E-state index contributed by atoms with van der Waals surface area (Å²) in [4.78, 5) is 0. The number of halogens is 1. The Morgan fingerprint density at radius 1 is 1.17 bits per heavy atom. The zero-order valence-corrected chi connectivity index (χ0v) is 11.6. The maximum atomic E-state index is 8.49. The molecule has 0 saturated carbocycles. The van der Waals surface area contributed by atoms with Crippen molar-refractivity contribution in [2.45, 2.75) is 18.2 Å². The van der Waals surface area contributed by atoms with Crippen LogP contribution < -0.4 is 4.74 Å². The van der Waals surface area contributed by atoms with Gasteiger partial charge in [-0.05, 0) is 23.3 Å². The average Bonchev–Trinajstić information content (AvgIpc) is 2.43. The van der Waals surface area contributed by atoms with E-state index in [2.05, 4.69) is 40.2 Å². The van der Waals surface area contributed by atoms with Crippen molar-refractivity contribution in [2.24, 2.45) is 0 Å². The van der Waals surface area contributed by atoms with E-state index in [4.69, 9.17) is 10.00 Å². The molecule has 0 heterocycles. The molecule has 2 aromatic rings. The first-order chi connectivity index (χ1) is 8.86. The lowest BCUT2D eigenvalue weighted by atomic mass is 10.0. The number of alkyl halides is 1. The van der Waals surface area contributed by atoms with Crippen molar-refractivity contribution < 1.29 is 4.74 Å². The van der Waals surface area contributed by atoms with Crippen molar-refractivity contribution in [3.63, 3.8) is 0 Å². The van der Waals surface area contributed by atoms with Crippen LogP contribution in [0.4, 0.5) is 0 Å². The number of unbranched alkanes of at least 4 members (excludes halogenated alkanes) is 1. The molecule has 0 radical (unpaired) electrons. The Morgan fingerprint density at radius 2 is 2.00 bits per heavy atom. The summed E-state index contributed by atoms with van der Waals surface area (Å²) in [6, 6.07) is 14.5. The Labute approximate surface area is 115 Å². The summed E-state index contributed by atoms with van der Waals surface area (Å²) in [5, 5.41) is 11.7. The number of fused-ring (bicyclic) bond motifs is 1. The van der Waals surface area contributed by atoms with Gasteiger partial charge in [0.25, 0.3) is 0 Å². The standard InChI is InChI=1S/C15H14BrNO/c16-11-14-13-6-2-1-5-12(13)7-8-15(14)18-10-4-3-9-17/h1-2,5-8H,3-4,10-11H2. The molecule has 18 heavy (non-hydrogen) atoms. The molecule has 2 rings (SSSR count). The van der Waals surface area contributed by atoms with Crippen molar-refractivity contribution >= 4 is 26.7 Å². The van der Waals surface area contributed by atoms with Crippen LogP contribution in [0.1, 0.15) is 18.4 Å². The largest absolute Gasteiger partial charge is 0.493 e. The molecule has 0 unspecified atom stereocenters. The summed E-state index contributed by atoms with van der Waals surface area (Å²) in [7, 11) is 0. The number of rotatable bonds is 5. The molecule has 2 aromatic carbocycles. The summed E-state index contributed by atoms with van der Waals surface area (Å²) in [6.45, 7) is 0.589. The number of ether oxygens (including phenoxy) is 1. The van der Waals surface area contributed by atoms with Crippen LogP contribution in [0.25, 0.3) is 10.8 Å². The predicted octanol–water partition coefficient (Wildman–Crippen LogP) is 4.42. The zero-order valence-electron chi connectivity index (χ0n) is 10.0. The van der Waals surface area contributed by atoms with Crippen LogP contribution in [-0.2, 0) is 5.33 Å². The molecule has 0 saturated heterocycles. The van der Waals surface area contributed by atoms with E-state index in [1.807, 2.05) is 18.2 Å². The third kappa shape index (κ3) is 2.83. The lowest BCUT2D eigenvalue weighted by molar-refractivity contribution is 0.311.